The number of nitrogens with zero attached hydrogens (tertiary/aromatic N) is 3. The summed E-state index contributed by atoms with van der Waals surface area (Å²) in [7, 11) is 7.07. The zero-order chi connectivity index (χ0) is 11.4. The van der Waals surface area contributed by atoms with Crippen molar-refractivity contribution in [1.82, 2.24) is 9.80 Å². The lowest BCUT2D eigenvalue weighted by atomic mass is 10.1. The Balaban J connectivity index is 4.13. The summed E-state index contributed by atoms with van der Waals surface area (Å²) in [5, 5.41) is 3.63. The Morgan fingerprint density at radius 2 is 1.79 bits per heavy atom. The van der Waals surface area contributed by atoms with Crippen molar-refractivity contribution in [3.63, 3.8) is 0 Å². The smallest absolute Gasteiger partial charge is 0.312 e. The standard InChI is InChI=1S/C9H19N3O2/c1-9(2,12(5)6)7-10-14-8(13)11(3)4/h7H,1-6H3. The molecule has 0 saturated carbocycles. The van der Waals surface area contributed by atoms with E-state index in [1.807, 2.05) is 32.8 Å². The predicted molar refractivity (Wildman–Crippen MR) is 56.4 cm³/mol. The molecule has 5 nitrogen and oxygen atoms in total. The second-order valence-electron chi connectivity index (χ2n) is 4.03. The highest BCUT2D eigenvalue weighted by atomic mass is 16.7. The van der Waals surface area contributed by atoms with Crippen molar-refractivity contribution in [2.24, 2.45) is 5.16 Å². The van der Waals surface area contributed by atoms with Gasteiger partial charge in [-0.05, 0) is 27.9 Å². The first-order chi connectivity index (χ1) is 6.27. The molecule has 1 amide bonds. The molecule has 0 bridgehead atoms. The fourth-order valence-corrected chi connectivity index (χ4v) is 0.398. The zero-order valence-corrected chi connectivity index (χ0v) is 9.74. The van der Waals surface area contributed by atoms with Crippen LogP contribution < -0.4 is 0 Å². The molecular weight excluding hydrogens is 182 g/mol. The summed E-state index contributed by atoms with van der Waals surface area (Å²) >= 11 is 0. The molecule has 0 spiro atoms. The summed E-state index contributed by atoms with van der Waals surface area (Å²) in [4.78, 5) is 18.9. The van der Waals surface area contributed by atoms with Gasteiger partial charge in [0.2, 0.25) is 0 Å². The quantitative estimate of drug-likeness (QED) is 0.389. The van der Waals surface area contributed by atoms with Crippen molar-refractivity contribution >= 4 is 12.3 Å². The van der Waals surface area contributed by atoms with E-state index < -0.39 is 6.09 Å². The van der Waals surface area contributed by atoms with E-state index in [0.29, 0.717) is 0 Å². The second kappa shape index (κ2) is 4.95. The van der Waals surface area contributed by atoms with Crippen LogP contribution in [0.4, 0.5) is 4.79 Å². The summed E-state index contributed by atoms with van der Waals surface area (Å²) in [6, 6.07) is 0. The summed E-state index contributed by atoms with van der Waals surface area (Å²) < 4.78 is 0. The van der Waals surface area contributed by atoms with Crippen LogP contribution in [0, 0.1) is 0 Å². The summed E-state index contributed by atoms with van der Waals surface area (Å²) in [5.74, 6) is 0. The molecule has 82 valence electrons. The van der Waals surface area contributed by atoms with Crippen LogP contribution >= 0.6 is 0 Å². The Kier molecular flexibility index (Phi) is 4.56. The first-order valence-electron chi connectivity index (χ1n) is 4.37. The largest absolute Gasteiger partial charge is 0.435 e. The summed E-state index contributed by atoms with van der Waals surface area (Å²) in [6.45, 7) is 3.94. The monoisotopic (exact) mass is 201 g/mol. The average Bonchev–Trinajstić information content (AvgIpc) is 2.03. The van der Waals surface area contributed by atoms with Crippen LogP contribution in [0.3, 0.4) is 0 Å². The molecule has 0 aliphatic heterocycles. The molecule has 14 heavy (non-hydrogen) atoms. The van der Waals surface area contributed by atoms with Gasteiger partial charge in [-0.25, -0.2) is 4.79 Å². The van der Waals surface area contributed by atoms with Gasteiger partial charge in [0.1, 0.15) is 0 Å². The molecule has 0 saturated heterocycles. The van der Waals surface area contributed by atoms with Gasteiger partial charge in [0, 0.05) is 14.1 Å². The van der Waals surface area contributed by atoms with Gasteiger partial charge in [0.05, 0.1) is 11.8 Å². The van der Waals surface area contributed by atoms with E-state index in [1.165, 1.54) is 4.90 Å². The molecule has 0 rings (SSSR count). The first-order valence-corrected chi connectivity index (χ1v) is 4.37. The molecule has 0 fully saturated rings. The van der Waals surface area contributed by atoms with Gasteiger partial charge in [-0.2, -0.15) is 0 Å². The molecular formula is C9H19N3O2. The summed E-state index contributed by atoms with van der Waals surface area (Å²) in [6.07, 6.45) is 1.12. The Morgan fingerprint density at radius 1 is 1.29 bits per heavy atom. The van der Waals surface area contributed by atoms with E-state index in [-0.39, 0.29) is 5.54 Å². The molecule has 0 atom stereocenters. The van der Waals surface area contributed by atoms with Crippen molar-refractivity contribution in [1.29, 1.82) is 0 Å². The van der Waals surface area contributed by atoms with Crippen LogP contribution in [0.2, 0.25) is 0 Å². The lowest BCUT2D eigenvalue weighted by Crippen LogP contribution is -2.39. The molecule has 0 aromatic heterocycles. The fraction of sp³-hybridized carbons (Fsp3) is 0.778. The number of oxime groups is 1. The minimum atomic E-state index is -0.476. The zero-order valence-electron chi connectivity index (χ0n) is 9.74. The maximum Gasteiger partial charge on any atom is 0.435 e. The van der Waals surface area contributed by atoms with Gasteiger partial charge in [-0.15, -0.1) is 0 Å². The summed E-state index contributed by atoms with van der Waals surface area (Å²) in [5.41, 5.74) is -0.230. The van der Waals surface area contributed by atoms with Gasteiger partial charge < -0.3 is 4.90 Å². The van der Waals surface area contributed by atoms with E-state index in [0.717, 1.165) is 0 Å². The van der Waals surface area contributed by atoms with Crippen LogP contribution in [-0.4, -0.2) is 55.8 Å². The molecule has 0 unspecified atom stereocenters. The third-order valence-corrected chi connectivity index (χ3v) is 2.02. The molecule has 0 aromatic carbocycles. The minimum absolute atomic E-state index is 0.230. The highest BCUT2D eigenvalue weighted by Crippen LogP contribution is 2.06. The Hall–Kier alpha value is -1.10. The average molecular weight is 201 g/mol. The molecule has 0 heterocycles. The normalized spacial score (nSPS) is 12.2. The van der Waals surface area contributed by atoms with Gasteiger partial charge >= 0.3 is 6.09 Å². The van der Waals surface area contributed by atoms with E-state index >= 15 is 0 Å². The Morgan fingerprint density at radius 3 is 2.14 bits per heavy atom. The van der Waals surface area contributed by atoms with E-state index in [9.17, 15) is 4.79 Å². The number of hydrogen-bond acceptors (Lipinski definition) is 4. The number of carbonyl (C=O) groups is 1. The lowest BCUT2D eigenvalue weighted by molar-refractivity contribution is 0.121. The molecule has 0 aromatic rings. The van der Waals surface area contributed by atoms with Crippen molar-refractivity contribution in [3.05, 3.63) is 0 Å². The highest BCUT2D eigenvalue weighted by Gasteiger charge is 2.17. The fourth-order valence-electron chi connectivity index (χ4n) is 0.398. The van der Waals surface area contributed by atoms with Crippen LogP contribution in [0.1, 0.15) is 13.8 Å². The lowest BCUT2D eigenvalue weighted by Gasteiger charge is -2.27. The van der Waals surface area contributed by atoms with Gasteiger partial charge in [-0.1, -0.05) is 5.16 Å². The second-order valence-corrected chi connectivity index (χ2v) is 4.03. The number of amides is 1. The van der Waals surface area contributed by atoms with E-state index in [2.05, 4.69) is 9.99 Å². The molecule has 0 radical (unpaired) electrons. The number of hydrogen-bond donors (Lipinski definition) is 0. The third-order valence-electron chi connectivity index (χ3n) is 2.02. The van der Waals surface area contributed by atoms with E-state index in [1.54, 1.807) is 20.3 Å². The third kappa shape index (κ3) is 4.23. The number of carbonyl (C=O) groups excluding carboxylic acids is 1. The van der Waals surface area contributed by atoms with Crippen LogP contribution in [0.5, 0.6) is 0 Å². The first kappa shape index (κ1) is 12.9. The molecule has 0 N–H and O–H groups in total. The number of rotatable bonds is 3. The van der Waals surface area contributed by atoms with E-state index in [4.69, 9.17) is 0 Å². The van der Waals surface area contributed by atoms with Crippen LogP contribution in [0.15, 0.2) is 5.16 Å². The molecule has 0 aliphatic rings. The van der Waals surface area contributed by atoms with Gasteiger partial charge in [-0.3, -0.25) is 9.74 Å². The van der Waals surface area contributed by atoms with Gasteiger partial charge in [0.15, 0.2) is 0 Å². The Bertz CT molecular complexity index is 222. The Labute approximate surface area is 85.3 Å². The molecule has 5 heteroatoms. The van der Waals surface area contributed by atoms with Crippen molar-refractivity contribution < 1.29 is 9.63 Å². The maximum absolute atomic E-state index is 11.0. The van der Waals surface area contributed by atoms with Crippen LogP contribution in [0.25, 0.3) is 0 Å². The highest BCUT2D eigenvalue weighted by molar-refractivity contribution is 5.71. The van der Waals surface area contributed by atoms with Crippen molar-refractivity contribution in [3.8, 4) is 0 Å². The van der Waals surface area contributed by atoms with Crippen molar-refractivity contribution in [2.75, 3.05) is 28.2 Å². The minimum Gasteiger partial charge on any atom is -0.312 e. The topological polar surface area (TPSA) is 45.1 Å². The molecule has 0 aliphatic carbocycles. The van der Waals surface area contributed by atoms with Crippen molar-refractivity contribution in [2.45, 2.75) is 19.4 Å². The van der Waals surface area contributed by atoms with Crippen LogP contribution in [-0.2, 0) is 4.84 Å². The maximum atomic E-state index is 11.0. The van der Waals surface area contributed by atoms with Gasteiger partial charge in [0.25, 0.3) is 0 Å². The SMILES string of the molecule is CN(C)C(=O)ON=CC(C)(C)N(C)C. The predicted octanol–water partition coefficient (Wildman–Crippen LogP) is 1.01.